The number of rotatable bonds is 11. The summed E-state index contributed by atoms with van der Waals surface area (Å²) in [5.74, 6) is -0.672. The van der Waals surface area contributed by atoms with Crippen LogP contribution in [0.3, 0.4) is 0 Å². The number of carbonyl (C=O) groups excluding carboxylic acids is 2. The second kappa shape index (κ2) is 12.3. The van der Waals surface area contributed by atoms with Gasteiger partial charge < -0.3 is 15.2 Å². The Labute approximate surface area is 240 Å². The predicted octanol–water partition coefficient (Wildman–Crippen LogP) is 2.65. The summed E-state index contributed by atoms with van der Waals surface area (Å²) in [6, 6.07) is 7.17. The number of ether oxygens (including phenoxy) is 2. The fourth-order valence-corrected chi connectivity index (χ4v) is 8.18. The van der Waals surface area contributed by atoms with Crippen LogP contribution in [0.2, 0.25) is 0 Å². The molecular weight excluding hydrogens is 554 g/mol. The Morgan fingerprint density at radius 1 is 1.15 bits per heavy atom. The third-order valence-corrected chi connectivity index (χ3v) is 10.7. The normalized spacial score (nSPS) is 20.9. The van der Waals surface area contributed by atoms with Crippen molar-refractivity contribution in [3.05, 3.63) is 41.1 Å². The highest BCUT2D eigenvalue weighted by Gasteiger charge is 2.50. The molecule has 4 rings (SSSR count). The maximum absolute atomic E-state index is 13.8. The summed E-state index contributed by atoms with van der Waals surface area (Å²) in [6.45, 7) is 6.48. The molecule has 0 bridgehead atoms. The molecular formula is C27H39N5O6S2. The van der Waals surface area contributed by atoms with Crippen molar-refractivity contribution < 1.29 is 27.5 Å². The van der Waals surface area contributed by atoms with Crippen LogP contribution in [0.15, 0.2) is 29.3 Å². The zero-order valence-electron chi connectivity index (χ0n) is 23.8. The minimum Gasteiger partial charge on any atom is -0.492 e. The van der Waals surface area contributed by atoms with E-state index in [1.807, 2.05) is 24.3 Å². The smallest absolute Gasteiger partial charge is 0.282 e. The summed E-state index contributed by atoms with van der Waals surface area (Å²) < 4.78 is 41.8. The number of hydrogen-bond acceptors (Lipinski definition) is 9. The number of nitrogens with zero attached hydrogens (tertiary/aromatic N) is 4. The lowest BCUT2D eigenvalue weighted by atomic mass is 9.94. The quantitative estimate of drug-likeness (QED) is 0.390. The first-order valence-electron chi connectivity index (χ1n) is 13.4. The highest BCUT2D eigenvalue weighted by atomic mass is 32.2. The molecule has 2 saturated heterocycles. The van der Waals surface area contributed by atoms with E-state index >= 15 is 0 Å². The van der Waals surface area contributed by atoms with Crippen LogP contribution in [-0.2, 0) is 32.0 Å². The zero-order chi connectivity index (χ0) is 29.2. The van der Waals surface area contributed by atoms with Crippen molar-refractivity contribution >= 4 is 33.7 Å². The summed E-state index contributed by atoms with van der Waals surface area (Å²) >= 11 is 1.37. The van der Waals surface area contributed by atoms with E-state index < -0.39 is 27.6 Å². The highest BCUT2D eigenvalue weighted by Crippen LogP contribution is 2.43. The number of Topliss-reactive ketones (excluding diaryl/α,β-unsaturated/α-hetero) is 1. The molecule has 1 aromatic carbocycles. The molecule has 2 aliphatic heterocycles. The maximum Gasteiger partial charge on any atom is 0.282 e. The van der Waals surface area contributed by atoms with E-state index in [4.69, 9.17) is 15.2 Å². The van der Waals surface area contributed by atoms with Crippen LogP contribution in [-0.4, -0.2) is 85.0 Å². The van der Waals surface area contributed by atoms with Crippen molar-refractivity contribution in [1.82, 2.24) is 18.4 Å². The summed E-state index contributed by atoms with van der Waals surface area (Å²) in [5, 5.41) is 5.11. The molecule has 0 radical (unpaired) electrons. The Kier molecular flexibility index (Phi) is 9.42. The first kappa shape index (κ1) is 30.7. The number of nitrogens with two attached hydrogens (primary N) is 1. The average molecular weight is 594 g/mol. The third-order valence-electron chi connectivity index (χ3n) is 7.52. The molecule has 0 saturated carbocycles. The minimum absolute atomic E-state index is 0.161. The van der Waals surface area contributed by atoms with Crippen molar-refractivity contribution in [2.24, 2.45) is 11.1 Å². The summed E-state index contributed by atoms with van der Waals surface area (Å²) in [6.07, 6.45) is 1.60. The predicted molar refractivity (Wildman–Crippen MR) is 153 cm³/mol. The summed E-state index contributed by atoms with van der Waals surface area (Å²) in [4.78, 5) is 27.2. The van der Waals surface area contributed by atoms with E-state index in [0.29, 0.717) is 36.2 Å². The topological polar surface area (TPSA) is 137 Å². The van der Waals surface area contributed by atoms with Gasteiger partial charge in [-0.1, -0.05) is 36.0 Å². The molecule has 0 amide bonds. The van der Waals surface area contributed by atoms with Crippen LogP contribution < -0.4 is 10.5 Å². The number of benzene rings is 1. The Balaban J connectivity index is 1.74. The SMILES string of the molecule is COCC(C)(C)C(=O)n1nc(C2C(=O)CN(S(=O)(=O)N3CCCC3)C2C)c(OC)c1SCc1ccc(CN)cc1. The van der Waals surface area contributed by atoms with E-state index in [0.717, 1.165) is 24.0 Å². The number of methoxy groups -OCH3 is 2. The number of carbonyl (C=O) groups is 2. The Morgan fingerprint density at radius 3 is 2.35 bits per heavy atom. The lowest BCUT2D eigenvalue weighted by Crippen LogP contribution is -2.44. The van der Waals surface area contributed by atoms with Crippen molar-refractivity contribution in [3.8, 4) is 5.75 Å². The first-order chi connectivity index (χ1) is 19.0. The largest absolute Gasteiger partial charge is 0.492 e. The first-order valence-corrected chi connectivity index (χ1v) is 15.8. The van der Waals surface area contributed by atoms with E-state index in [1.165, 1.54) is 39.3 Å². The summed E-state index contributed by atoms with van der Waals surface area (Å²) in [5.41, 5.74) is 7.09. The fourth-order valence-electron chi connectivity index (χ4n) is 5.27. The van der Waals surface area contributed by atoms with Gasteiger partial charge in [0.25, 0.3) is 16.1 Å². The molecule has 13 heteroatoms. The van der Waals surface area contributed by atoms with Crippen molar-refractivity contribution in [2.45, 2.75) is 62.9 Å². The van der Waals surface area contributed by atoms with Gasteiger partial charge in [-0.3, -0.25) is 9.59 Å². The van der Waals surface area contributed by atoms with Gasteiger partial charge in [-0.05, 0) is 44.7 Å². The molecule has 0 spiro atoms. The van der Waals surface area contributed by atoms with Crippen LogP contribution in [0.4, 0.5) is 0 Å². The van der Waals surface area contributed by atoms with Gasteiger partial charge in [0.2, 0.25) is 0 Å². The van der Waals surface area contributed by atoms with E-state index in [-0.39, 0.29) is 30.5 Å². The second-order valence-electron chi connectivity index (χ2n) is 10.9. The van der Waals surface area contributed by atoms with Gasteiger partial charge >= 0.3 is 0 Å². The number of aromatic nitrogens is 2. The molecule has 2 atom stereocenters. The van der Waals surface area contributed by atoms with Crippen molar-refractivity contribution in [2.75, 3.05) is 40.5 Å². The van der Waals surface area contributed by atoms with Gasteiger partial charge in [0.15, 0.2) is 11.5 Å². The van der Waals surface area contributed by atoms with Crippen LogP contribution in [0, 0.1) is 5.41 Å². The number of thioether (sulfide) groups is 1. The lowest BCUT2D eigenvalue weighted by molar-refractivity contribution is -0.118. The molecule has 2 aliphatic rings. The molecule has 0 aliphatic carbocycles. The van der Waals surface area contributed by atoms with E-state index in [9.17, 15) is 18.0 Å². The van der Waals surface area contributed by atoms with E-state index in [2.05, 4.69) is 5.10 Å². The minimum atomic E-state index is -3.81. The van der Waals surface area contributed by atoms with Gasteiger partial charge in [-0.15, -0.1) is 0 Å². The molecule has 2 aromatic rings. The Bertz CT molecular complexity index is 1340. The third kappa shape index (κ3) is 5.86. The fraction of sp³-hybridized carbons (Fsp3) is 0.593. The molecule has 1 aromatic heterocycles. The lowest BCUT2D eigenvalue weighted by Gasteiger charge is -2.27. The molecule has 11 nitrogen and oxygen atoms in total. The maximum atomic E-state index is 13.8. The van der Waals surface area contributed by atoms with Crippen molar-refractivity contribution in [1.29, 1.82) is 0 Å². The van der Waals surface area contributed by atoms with Gasteiger partial charge in [-0.25, -0.2) is 0 Å². The highest BCUT2D eigenvalue weighted by molar-refractivity contribution is 7.98. The molecule has 2 N–H and O–H groups in total. The van der Waals surface area contributed by atoms with Gasteiger partial charge in [0.1, 0.15) is 10.7 Å². The molecule has 40 heavy (non-hydrogen) atoms. The van der Waals surface area contributed by atoms with Gasteiger partial charge in [0, 0.05) is 38.5 Å². The number of hydrogen-bond donors (Lipinski definition) is 1. The van der Waals surface area contributed by atoms with Gasteiger partial charge in [-0.2, -0.15) is 26.8 Å². The van der Waals surface area contributed by atoms with Crippen molar-refractivity contribution in [3.63, 3.8) is 0 Å². The van der Waals surface area contributed by atoms with Crippen LogP contribution in [0.25, 0.3) is 0 Å². The monoisotopic (exact) mass is 593 g/mol. The van der Waals surface area contributed by atoms with E-state index in [1.54, 1.807) is 20.8 Å². The number of ketones is 1. The average Bonchev–Trinajstić information content (AvgIpc) is 3.65. The van der Waals surface area contributed by atoms with Crippen LogP contribution in [0.5, 0.6) is 5.75 Å². The van der Waals surface area contributed by atoms with Crippen LogP contribution in [0.1, 0.15) is 61.1 Å². The molecule has 3 heterocycles. The summed E-state index contributed by atoms with van der Waals surface area (Å²) in [7, 11) is -0.813. The Morgan fingerprint density at radius 2 is 1.77 bits per heavy atom. The second-order valence-corrected chi connectivity index (χ2v) is 13.8. The molecule has 220 valence electrons. The van der Waals surface area contributed by atoms with Crippen LogP contribution >= 0.6 is 11.8 Å². The Hall–Kier alpha value is -2.29. The van der Waals surface area contributed by atoms with Gasteiger partial charge in [0.05, 0.1) is 31.6 Å². The molecule has 2 unspecified atom stereocenters. The standard InChI is InChI=1S/C27H39N5O6S2/c1-18-22(21(33)15-31(18)40(35,36)30-12-6-7-13-30)23-24(38-5)25(32(29-23)26(34)27(2,3)17-37-4)39-16-20-10-8-19(14-28)9-11-20/h8-11,18,22H,6-7,12-17,28H2,1-5H3. The zero-order valence-corrected chi connectivity index (χ0v) is 25.4. The molecule has 2 fully saturated rings.